The number of hydrogen-bond acceptors (Lipinski definition) is 5. The molecule has 0 saturated carbocycles. The first kappa shape index (κ1) is 19.4. The monoisotopic (exact) mass is 387 g/mol. The van der Waals surface area contributed by atoms with E-state index in [1.807, 2.05) is 53.6 Å². The molecule has 2 aromatic rings. The molecule has 3 rings (SSSR count). The Kier molecular flexibility index (Phi) is 6.84. The summed E-state index contributed by atoms with van der Waals surface area (Å²) in [5.74, 6) is 0.888. The maximum atomic E-state index is 12.3. The summed E-state index contributed by atoms with van der Waals surface area (Å²) in [5, 5.41) is 4.80. The molecular weight excluding hydrogens is 362 g/mol. The highest BCUT2D eigenvalue weighted by Crippen LogP contribution is 2.14. The first-order chi connectivity index (χ1) is 13.1. The van der Waals surface area contributed by atoms with E-state index < -0.39 is 0 Å². The van der Waals surface area contributed by atoms with E-state index >= 15 is 0 Å². The second-order valence-electron chi connectivity index (χ2n) is 6.56. The minimum atomic E-state index is -0.0131. The fourth-order valence-electron chi connectivity index (χ4n) is 2.99. The van der Waals surface area contributed by atoms with Crippen molar-refractivity contribution < 1.29 is 14.3 Å². The summed E-state index contributed by atoms with van der Waals surface area (Å²) in [5.41, 5.74) is 1.15. The smallest absolute Gasteiger partial charge is 0.264 e. The molecule has 1 aromatic heterocycles. The zero-order valence-corrected chi connectivity index (χ0v) is 16.3. The summed E-state index contributed by atoms with van der Waals surface area (Å²) in [6.07, 6.45) is 0. The lowest BCUT2D eigenvalue weighted by molar-refractivity contribution is -0.122. The summed E-state index contributed by atoms with van der Waals surface area (Å²) in [7, 11) is 0. The quantitative estimate of drug-likeness (QED) is 0.739. The Bertz CT molecular complexity index is 756. The average molecular weight is 388 g/mol. The van der Waals surface area contributed by atoms with Crippen molar-refractivity contribution in [3.63, 3.8) is 0 Å². The molecule has 0 aliphatic carbocycles. The summed E-state index contributed by atoms with van der Waals surface area (Å²) >= 11 is 1.47. The number of rotatable bonds is 7. The topological polar surface area (TPSA) is 61.9 Å². The van der Waals surface area contributed by atoms with Crippen molar-refractivity contribution in [3.05, 3.63) is 52.2 Å². The molecule has 1 fully saturated rings. The predicted octanol–water partition coefficient (Wildman–Crippen LogP) is 2.01. The van der Waals surface area contributed by atoms with Gasteiger partial charge in [-0.25, -0.2) is 0 Å². The average Bonchev–Trinajstić information content (AvgIpc) is 3.20. The highest BCUT2D eigenvalue weighted by Gasteiger charge is 2.23. The van der Waals surface area contributed by atoms with E-state index in [4.69, 9.17) is 4.74 Å². The largest absolute Gasteiger partial charge is 0.492 e. The second-order valence-corrected chi connectivity index (χ2v) is 7.51. The normalized spacial score (nSPS) is 14.8. The first-order valence-corrected chi connectivity index (χ1v) is 10.0. The van der Waals surface area contributed by atoms with Gasteiger partial charge in [-0.15, -0.1) is 11.3 Å². The van der Waals surface area contributed by atoms with E-state index in [0.717, 1.165) is 16.2 Å². The lowest BCUT2D eigenvalue weighted by atomic mass is 10.2. The summed E-state index contributed by atoms with van der Waals surface area (Å²) in [6.45, 7) is 6.02. The Morgan fingerprint density at radius 3 is 2.67 bits per heavy atom. The Hall–Kier alpha value is -2.38. The number of nitrogens with one attached hydrogen (secondary N) is 1. The van der Waals surface area contributed by atoms with E-state index in [0.29, 0.717) is 45.9 Å². The van der Waals surface area contributed by atoms with E-state index in [1.165, 1.54) is 11.3 Å². The summed E-state index contributed by atoms with van der Waals surface area (Å²) in [6, 6.07) is 11.6. The van der Waals surface area contributed by atoms with Crippen LogP contribution in [0.2, 0.25) is 0 Å². The van der Waals surface area contributed by atoms with Crippen molar-refractivity contribution in [1.29, 1.82) is 0 Å². The SMILES string of the molecule is Cc1cccc(OCCNC(=O)CN2CCN(C(=O)c3cccs3)CC2)c1. The molecule has 0 bridgehead atoms. The molecule has 0 radical (unpaired) electrons. The van der Waals surface area contributed by atoms with Gasteiger partial charge in [-0.1, -0.05) is 18.2 Å². The van der Waals surface area contributed by atoms with Gasteiger partial charge in [0.15, 0.2) is 0 Å². The second kappa shape index (κ2) is 9.53. The van der Waals surface area contributed by atoms with Crippen LogP contribution in [0, 0.1) is 6.92 Å². The Morgan fingerprint density at radius 2 is 1.96 bits per heavy atom. The molecule has 1 aromatic carbocycles. The third-order valence-electron chi connectivity index (χ3n) is 4.44. The highest BCUT2D eigenvalue weighted by molar-refractivity contribution is 7.12. The van der Waals surface area contributed by atoms with Gasteiger partial charge in [0.05, 0.1) is 18.0 Å². The zero-order chi connectivity index (χ0) is 19.1. The number of benzene rings is 1. The molecule has 7 heteroatoms. The molecule has 1 saturated heterocycles. The van der Waals surface area contributed by atoms with E-state index in [9.17, 15) is 9.59 Å². The van der Waals surface area contributed by atoms with Crippen LogP contribution in [0.15, 0.2) is 41.8 Å². The van der Waals surface area contributed by atoms with Crippen LogP contribution in [0.25, 0.3) is 0 Å². The number of carbonyl (C=O) groups excluding carboxylic acids is 2. The van der Waals surface area contributed by atoms with Crippen LogP contribution in [0.1, 0.15) is 15.2 Å². The fraction of sp³-hybridized carbons (Fsp3) is 0.400. The van der Waals surface area contributed by atoms with Crippen molar-refractivity contribution in [2.75, 3.05) is 45.9 Å². The minimum Gasteiger partial charge on any atom is -0.492 e. The van der Waals surface area contributed by atoms with Gasteiger partial charge in [-0.05, 0) is 36.1 Å². The molecule has 0 atom stereocenters. The summed E-state index contributed by atoms with van der Waals surface area (Å²) in [4.78, 5) is 29.1. The van der Waals surface area contributed by atoms with Crippen LogP contribution in [-0.4, -0.2) is 67.5 Å². The maximum absolute atomic E-state index is 12.3. The van der Waals surface area contributed by atoms with Crippen molar-refractivity contribution in [2.24, 2.45) is 0 Å². The van der Waals surface area contributed by atoms with Crippen molar-refractivity contribution in [2.45, 2.75) is 6.92 Å². The van der Waals surface area contributed by atoms with E-state index in [2.05, 4.69) is 10.2 Å². The van der Waals surface area contributed by atoms with Crippen LogP contribution < -0.4 is 10.1 Å². The molecule has 2 heterocycles. The minimum absolute atomic E-state index is 0.0131. The molecule has 0 spiro atoms. The van der Waals surface area contributed by atoms with Crippen LogP contribution in [-0.2, 0) is 4.79 Å². The van der Waals surface area contributed by atoms with Crippen molar-refractivity contribution in [3.8, 4) is 5.75 Å². The van der Waals surface area contributed by atoms with Crippen molar-refractivity contribution in [1.82, 2.24) is 15.1 Å². The van der Waals surface area contributed by atoms with Crippen LogP contribution in [0.3, 0.4) is 0 Å². The van der Waals surface area contributed by atoms with Gasteiger partial charge in [0.2, 0.25) is 5.91 Å². The standard InChI is InChI=1S/C20H25N3O3S/c1-16-4-2-5-17(14-16)26-12-7-21-19(24)15-22-8-10-23(11-9-22)20(25)18-6-3-13-27-18/h2-6,13-14H,7-12,15H2,1H3,(H,21,24). The summed E-state index contributed by atoms with van der Waals surface area (Å²) < 4.78 is 5.63. The highest BCUT2D eigenvalue weighted by atomic mass is 32.1. The Morgan fingerprint density at radius 1 is 1.15 bits per heavy atom. The number of ether oxygens (including phenoxy) is 1. The number of hydrogen-bond donors (Lipinski definition) is 1. The lowest BCUT2D eigenvalue weighted by Gasteiger charge is -2.34. The molecule has 27 heavy (non-hydrogen) atoms. The third kappa shape index (κ3) is 5.80. The van der Waals surface area contributed by atoms with Gasteiger partial charge in [0.1, 0.15) is 12.4 Å². The van der Waals surface area contributed by atoms with Crippen LogP contribution >= 0.6 is 11.3 Å². The Labute approximate surface area is 163 Å². The van der Waals surface area contributed by atoms with E-state index in [-0.39, 0.29) is 11.8 Å². The van der Waals surface area contributed by atoms with Crippen LogP contribution in [0.4, 0.5) is 0 Å². The molecule has 1 N–H and O–H groups in total. The predicted molar refractivity (Wildman–Crippen MR) is 106 cm³/mol. The number of thiophene rings is 1. The number of aryl methyl sites for hydroxylation is 1. The van der Waals surface area contributed by atoms with Gasteiger partial charge >= 0.3 is 0 Å². The van der Waals surface area contributed by atoms with Gasteiger partial charge in [0, 0.05) is 26.2 Å². The molecule has 6 nitrogen and oxygen atoms in total. The molecule has 1 aliphatic heterocycles. The lowest BCUT2D eigenvalue weighted by Crippen LogP contribution is -2.51. The molecule has 144 valence electrons. The van der Waals surface area contributed by atoms with Gasteiger partial charge < -0.3 is 15.0 Å². The number of carbonyl (C=O) groups is 2. The third-order valence-corrected chi connectivity index (χ3v) is 5.30. The van der Waals surface area contributed by atoms with Gasteiger partial charge in [-0.3, -0.25) is 14.5 Å². The fourth-order valence-corrected chi connectivity index (χ4v) is 3.68. The van der Waals surface area contributed by atoms with Gasteiger partial charge in [-0.2, -0.15) is 0 Å². The molecule has 0 unspecified atom stereocenters. The van der Waals surface area contributed by atoms with Crippen LogP contribution in [0.5, 0.6) is 5.75 Å². The number of piperazine rings is 1. The first-order valence-electron chi connectivity index (χ1n) is 9.13. The molecule has 2 amide bonds. The number of nitrogens with zero attached hydrogens (tertiary/aromatic N) is 2. The Balaban J connectivity index is 1.32. The van der Waals surface area contributed by atoms with Gasteiger partial charge in [0.25, 0.3) is 5.91 Å². The molecular formula is C20H25N3O3S. The zero-order valence-electron chi connectivity index (χ0n) is 15.5. The van der Waals surface area contributed by atoms with Crippen molar-refractivity contribution >= 4 is 23.2 Å². The van der Waals surface area contributed by atoms with E-state index in [1.54, 1.807) is 0 Å². The number of amides is 2. The molecule has 1 aliphatic rings. The maximum Gasteiger partial charge on any atom is 0.264 e.